The van der Waals surface area contributed by atoms with Gasteiger partial charge in [0.2, 0.25) is 5.91 Å². The van der Waals surface area contributed by atoms with Crippen molar-refractivity contribution < 1.29 is 4.79 Å². The Kier molecular flexibility index (Phi) is 4.36. The fourth-order valence-electron chi connectivity index (χ4n) is 3.19. The van der Waals surface area contributed by atoms with Gasteiger partial charge in [-0.3, -0.25) is 4.79 Å². The Hall–Kier alpha value is -2.11. The van der Waals surface area contributed by atoms with E-state index in [1.807, 2.05) is 64.2 Å². The number of halogens is 2. The van der Waals surface area contributed by atoms with Crippen LogP contribution in [0, 0.1) is 0 Å². The zero-order chi connectivity index (χ0) is 17.4. The van der Waals surface area contributed by atoms with Crippen molar-refractivity contribution in [3.63, 3.8) is 0 Å². The molecule has 1 aliphatic rings. The maximum atomic E-state index is 12.8. The molecule has 1 unspecified atom stereocenters. The van der Waals surface area contributed by atoms with Crippen LogP contribution in [0.1, 0.15) is 22.9 Å². The highest BCUT2D eigenvalue weighted by Crippen LogP contribution is 2.34. The highest BCUT2D eigenvalue weighted by Gasteiger charge is 2.33. The van der Waals surface area contributed by atoms with E-state index in [-0.39, 0.29) is 11.9 Å². The van der Waals surface area contributed by atoms with Gasteiger partial charge < -0.3 is 9.47 Å². The summed E-state index contributed by atoms with van der Waals surface area (Å²) in [5.41, 5.74) is 3.13. The van der Waals surface area contributed by atoms with E-state index in [1.54, 1.807) is 6.33 Å². The number of carbonyl (C=O) groups excluding carboxylic acids is 1. The summed E-state index contributed by atoms with van der Waals surface area (Å²) in [6.07, 6.45) is 3.56. The summed E-state index contributed by atoms with van der Waals surface area (Å²) in [4.78, 5) is 19.0. The molecule has 0 spiro atoms. The van der Waals surface area contributed by atoms with Gasteiger partial charge in [-0.2, -0.15) is 0 Å². The molecule has 4 nitrogen and oxygen atoms in total. The Morgan fingerprint density at radius 3 is 2.56 bits per heavy atom. The van der Waals surface area contributed by atoms with Gasteiger partial charge in [0.25, 0.3) is 0 Å². The van der Waals surface area contributed by atoms with Gasteiger partial charge in [-0.05, 0) is 35.4 Å². The number of hydrogen-bond donors (Lipinski definition) is 0. The van der Waals surface area contributed by atoms with Crippen molar-refractivity contribution in [3.8, 4) is 0 Å². The number of carbonyl (C=O) groups is 1. The molecular weight excluding hydrogens is 402 g/mol. The summed E-state index contributed by atoms with van der Waals surface area (Å²) in [6, 6.07) is 15.5. The molecule has 2 aromatic carbocycles. The number of imidazole rings is 1. The van der Waals surface area contributed by atoms with Gasteiger partial charge in [0.1, 0.15) is 6.54 Å². The molecule has 0 radical (unpaired) electrons. The molecule has 126 valence electrons. The molecule has 25 heavy (non-hydrogen) atoms. The van der Waals surface area contributed by atoms with E-state index in [2.05, 4.69) is 20.9 Å². The van der Waals surface area contributed by atoms with E-state index in [4.69, 9.17) is 11.6 Å². The van der Waals surface area contributed by atoms with Crippen LogP contribution in [0.25, 0.3) is 0 Å². The Morgan fingerprint density at radius 1 is 1.12 bits per heavy atom. The van der Waals surface area contributed by atoms with Gasteiger partial charge in [0.05, 0.1) is 24.3 Å². The molecule has 0 N–H and O–H groups in total. The second kappa shape index (κ2) is 6.65. The SMILES string of the molecule is O=C1Cn2cncc2C(c2ccc(Br)cc2)N1Cc1ccc(Cl)cc1. The molecule has 2 heterocycles. The van der Waals surface area contributed by atoms with Crippen molar-refractivity contribution in [1.82, 2.24) is 14.5 Å². The van der Waals surface area contributed by atoms with Crippen molar-refractivity contribution in [3.05, 3.63) is 87.4 Å². The minimum atomic E-state index is -0.160. The third-order valence-electron chi connectivity index (χ3n) is 4.41. The van der Waals surface area contributed by atoms with Gasteiger partial charge in [0, 0.05) is 16.0 Å². The average molecular weight is 417 g/mol. The van der Waals surface area contributed by atoms with Crippen LogP contribution in [-0.4, -0.2) is 20.4 Å². The molecule has 0 aliphatic carbocycles. The van der Waals surface area contributed by atoms with Crippen LogP contribution in [0.2, 0.25) is 5.02 Å². The zero-order valence-corrected chi connectivity index (χ0v) is 15.6. The van der Waals surface area contributed by atoms with Crippen molar-refractivity contribution in [1.29, 1.82) is 0 Å². The predicted molar refractivity (Wildman–Crippen MR) is 100 cm³/mol. The maximum Gasteiger partial charge on any atom is 0.243 e. The molecular formula is C19H15BrClN3O. The quantitative estimate of drug-likeness (QED) is 0.633. The van der Waals surface area contributed by atoms with Crippen LogP contribution in [0.5, 0.6) is 0 Å². The molecule has 1 aromatic heterocycles. The first-order valence-corrected chi connectivity index (χ1v) is 9.08. The van der Waals surface area contributed by atoms with E-state index in [0.29, 0.717) is 18.1 Å². The largest absolute Gasteiger partial charge is 0.324 e. The van der Waals surface area contributed by atoms with Gasteiger partial charge in [0.15, 0.2) is 0 Å². The molecule has 6 heteroatoms. The lowest BCUT2D eigenvalue weighted by Crippen LogP contribution is -2.42. The minimum absolute atomic E-state index is 0.0772. The Labute approximate surface area is 159 Å². The normalized spacial score (nSPS) is 16.8. The first kappa shape index (κ1) is 16.4. The van der Waals surface area contributed by atoms with Gasteiger partial charge in [-0.25, -0.2) is 4.98 Å². The number of nitrogens with zero attached hydrogens (tertiary/aromatic N) is 3. The topological polar surface area (TPSA) is 38.1 Å². The van der Waals surface area contributed by atoms with Crippen LogP contribution >= 0.6 is 27.5 Å². The van der Waals surface area contributed by atoms with Gasteiger partial charge in [-0.15, -0.1) is 0 Å². The van der Waals surface area contributed by atoms with Crippen molar-refractivity contribution >= 4 is 33.4 Å². The average Bonchev–Trinajstić information content (AvgIpc) is 3.06. The lowest BCUT2D eigenvalue weighted by atomic mass is 9.99. The van der Waals surface area contributed by atoms with Crippen LogP contribution in [-0.2, 0) is 17.9 Å². The van der Waals surface area contributed by atoms with Crippen LogP contribution in [0.4, 0.5) is 0 Å². The van der Waals surface area contributed by atoms with Crippen molar-refractivity contribution in [2.24, 2.45) is 0 Å². The van der Waals surface area contributed by atoms with E-state index < -0.39 is 0 Å². The standard InChI is InChI=1S/C19H15BrClN3O/c20-15-5-3-14(4-6-15)19-17-9-22-12-23(17)11-18(25)24(19)10-13-1-7-16(21)8-2-13/h1-9,12,19H,10-11H2. The third kappa shape index (κ3) is 3.22. The number of benzene rings is 2. The van der Waals surface area contributed by atoms with E-state index in [9.17, 15) is 4.79 Å². The lowest BCUT2D eigenvalue weighted by Gasteiger charge is -2.36. The second-order valence-corrected chi connectivity index (χ2v) is 7.40. The van der Waals surface area contributed by atoms with Gasteiger partial charge in [-0.1, -0.05) is 51.8 Å². The number of rotatable bonds is 3. The van der Waals surface area contributed by atoms with E-state index in [1.165, 1.54) is 0 Å². The summed E-state index contributed by atoms with van der Waals surface area (Å²) in [5.74, 6) is 0.0772. The molecule has 1 aliphatic heterocycles. The number of amides is 1. The second-order valence-electron chi connectivity index (χ2n) is 6.05. The molecule has 4 rings (SSSR count). The molecule has 0 saturated heterocycles. The molecule has 1 amide bonds. The predicted octanol–water partition coefficient (Wildman–Crippen LogP) is 4.43. The summed E-state index contributed by atoms with van der Waals surface area (Å²) in [5, 5.41) is 0.691. The van der Waals surface area contributed by atoms with E-state index in [0.717, 1.165) is 21.3 Å². The summed E-state index contributed by atoms with van der Waals surface area (Å²) in [6.45, 7) is 0.845. The molecule has 1 atom stereocenters. The Bertz CT molecular complexity index is 905. The Balaban J connectivity index is 1.75. The lowest BCUT2D eigenvalue weighted by molar-refractivity contribution is -0.136. The molecule has 0 fully saturated rings. The van der Waals surface area contributed by atoms with Crippen LogP contribution in [0.3, 0.4) is 0 Å². The van der Waals surface area contributed by atoms with Crippen LogP contribution in [0.15, 0.2) is 65.5 Å². The molecule has 3 aromatic rings. The summed E-state index contributed by atoms with van der Waals surface area (Å²) in [7, 11) is 0. The van der Waals surface area contributed by atoms with Crippen LogP contribution < -0.4 is 0 Å². The number of hydrogen-bond acceptors (Lipinski definition) is 2. The fourth-order valence-corrected chi connectivity index (χ4v) is 3.58. The molecule has 0 saturated carbocycles. The highest BCUT2D eigenvalue weighted by atomic mass is 79.9. The third-order valence-corrected chi connectivity index (χ3v) is 5.19. The molecule has 0 bridgehead atoms. The smallest absolute Gasteiger partial charge is 0.243 e. The van der Waals surface area contributed by atoms with E-state index >= 15 is 0 Å². The first-order valence-electron chi connectivity index (χ1n) is 7.91. The summed E-state index contributed by atoms with van der Waals surface area (Å²) < 4.78 is 2.93. The summed E-state index contributed by atoms with van der Waals surface area (Å²) >= 11 is 9.45. The monoisotopic (exact) mass is 415 g/mol. The van der Waals surface area contributed by atoms with Gasteiger partial charge >= 0.3 is 0 Å². The van der Waals surface area contributed by atoms with Crippen molar-refractivity contribution in [2.45, 2.75) is 19.1 Å². The first-order chi connectivity index (χ1) is 12.1. The zero-order valence-electron chi connectivity index (χ0n) is 13.3. The minimum Gasteiger partial charge on any atom is -0.324 e. The highest BCUT2D eigenvalue weighted by molar-refractivity contribution is 9.10. The number of fused-ring (bicyclic) bond motifs is 1. The fraction of sp³-hybridized carbons (Fsp3) is 0.158. The van der Waals surface area contributed by atoms with Crippen molar-refractivity contribution in [2.75, 3.05) is 0 Å². The maximum absolute atomic E-state index is 12.8. The number of aromatic nitrogens is 2. The Morgan fingerprint density at radius 2 is 1.84 bits per heavy atom.